The first-order valence-corrected chi connectivity index (χ1v) is 6.40. The van der Waals surface area contributed by atoms with Crippen molar-refractivity contribution in [3.8, 4) is 0 Å². The second kappa shape index (κ2) is 6.85. The first kappa shape index (κ1) is 15.0. The van der Waals surface area contributed by atoms with Crippen LogP contribution in [0.25, 0.3) is 0 Å². The molecule has 0 aliphatic carbocycles. The van der Waals surface area contributed by atoms with Crippen molar-refractivity contribution < 1.29 is 23.4 Å². The summed E-state index contributed by atoms with van der Waals surface area (Å²) in [4.78, 5) is 15.3. The van der Waals surface area contributed by atoms with E-state index in [0.29, 0.717) is 0 Å². The Balaban J connectivity index is 1.94. The number of hydrogen-bond donors (Lipinski definition) is 2. The molecule has 112 valence electrons. The van der Waals surface area contributed by atoms with Crippen molar-refractivity contribution >= 4 is 12.0 Å². The SMILES string of the molecule is CCOC(=O)c1coc(NC[C@@H](O)c2ccccc2F)n1. The average Bonchev–Trinajstić information content (AvgIpc) is 2.94. The van der Waals surface area contributed by atoms with Gasteiger partial charge in [0.25, 0.3) is 6.01 Å². The minimum absolute atomic E-state index is 0.0102. The third-order valence-electron chi connectivity index (χ3n) is 2.70. The molecule has 2 N–H and O–H groups in total. The smallest absolute Gasteiger partial charge is 0.360 e. The molecule has 0 amide bonds. The van der Waals surface area contributed by atoms with Gasteiger partial charge in [0.1, 0.15) is 12.1 Å². The second-order valence-electron chi connectivity index (χ2n) is 4.18. The molecule has 1 heterocycles. The fourth-order valence-corrected chi connectivity index (χ4v) is 1.69. The fourth-order valence-electron chi connectivity index (χ4n) is 1.69. The van der Waals surface area contributed by atoms with Gasteiger partial charge < -0.3 is 19.6 Å². The Bertz CT molecular complexity index is 615. The number of carbonyl (C=O) groups is 1. The van der Waals surface area contributed by atoms with Crippen LogP contribution in [0.5, 0.6) is 0 Å². The lowest BCUT2D eigenvalue weighted by Crippen LogP contribution is -2.14. The number of aliphatic hydroxyl groups excluding tert-OH is 1. The molecule has 2 aromatic rings. The third kappa shape index (κ3) is 3.79. The van der Waals surface area contributed by atoms with Gasteiger partial charge >= 0.3 is 5.97 Å². The summed E-state index contributed by atoms with van der Waals surface area (Å²) >= 11 is 0. The molecular formula is C14H15FN2O4. The van der Waals surface area contributed by atoms with Crippen molar-refractivity contribution in [1.82, 2.24) is 4.98 Å². The number of ether oxygens (including phenoxy) is 1. The minimum Gasteiger partial charge on any atom is -0.461 e. The molecular weight excluding hydrogens is 279 g/mol. The zero-order chi connectivity index (χ0) is 15.2. The van der Waals surface area contributed by atoms with Crippen molar-refractivity contribution in [2.24, 2.45) is 0 Å². The Hall–Kier alpha value is -2.41. The summed E-state index contributed by atoms with van der Waals surface area (Å²) in [6, 6.07) is 5.97. The number of esters is 1. The van der Waals surface area contributed by atoms with E-state index in [9.17, 15) is 14.3 Å². The van der Waals surface area contributed by atoms with Crippen LogP contribution in [0.4, 0.5) is 10.4 Å². The number of anilines is 1. The van der Waals surface area contributed by atoms with Crippen molar-refractivity contribution in [1.29, 1.82) is 0 Å². The van der Waals surface area contributed by atoms with Crippen LogP contribution >= 0.6 is 0 Å². The van der Waals surface area contributed by atoms with Crippen LogP contribution in [0, 0.1) is 5.82 Å². The Morgan fingerprint density at radius 2 is 2.29 bits per heavy atom. The summed E-state index contributed by atoms with van der Waals surface area (Å²) in [5.74, 6) is -1.09. The molecule has 0 fully saturated rings. The number of aromatic nitrogens is 1. The van der Waals surface area contributed by atoms with E-state index >= 15 is 0 Å². The van der Waals surface area contributed by atoms with E-state index < -0.39 is 17.9 Å². The van der Waals surface area contributed by atoms with Gasteiger partial charge in [-0.2, -0.15) is 4.98 Å². The van der Waals surface area contributed by atoms with E-state index in [0.717, 1.165) is 6.26 Å². The fraction of sp³-hybridized carbons (Fsp3) is 0.286. The van der Waals surface area contributed by atoms with Crippen LogP contribution in [0.2, 0.25) is 0 Å². The van der Waals surface area contributed by atoms with Gasteiger partial charge in [-0.3, -0.25) is 0 Å². The van der Waals surface area contributed by atoms with Crippen molar-refractivity contribution in [2.75, 3.05) is 18.5 Å². The monoisotopic (exact) mass is 294 g/mol. The Kier molecular flexibility index (Phi) is 4.89. The molecule has 0 radical (unpaired) electrons. The molecule has 2 rings (SSSR count). The summed E-state index contributed by atoms with van der Waals surface area (Å²) in [5, 5.41) is 12.6. The van der Waals surface area contributed by atoms with E-state index in [4.69, 9.17) is 9.15 Å². The average molecular weight is 294 g/mol. The van der Waals surface area contributed by atoms with Crippen LogP contribution in [0.3, 0.4) is 0 Å². The highest BCUT2D eigenvalue weighted by Crippen LogP contribution is 2.17. The van der Waals surface area contributed by atoms with E-state index in [1.165, 1.54) is 12.1 Å². The molecule has 7 heteroatoms. The molecule has 0 aliphatic rings. The molecule has 0 bridgehead atoms. The molecule has 21 heavy (non-hydrogen) atoms. The predicted molar refractivity (Wildman–Crippen MR) is 72.3 cm³/mol. The van der Waals surface area contributed by atoms with Crippen LogP contribution in [0.15, 0.2) is 34.9 Å². The molecule has 0 aliphatic heterocycles. The standard InChI is InChI=1S/C14H15FN2O4/c1-2-20-13(19)11-8-21-14(17-11)16-7-12(18)9-5-3-4-6-10(9)15/h3-6,8,12,18H,2,7H2,1H3,(H,16,17)/t12-/m1/s1. The highest BCUT2D eigenvalue weighted by molar-refractivity contribution is 5.87. The van der Waals surface area contributed by atoms with Gasteiger partial charge in [-0.15, -0.1) is 0 Å². The van der Waals surface area contributed by atoms with E-state index in [1.807, 2.05) is 0 Å². The van der Waals surface area contributed by atoms with Crippen molar-refractivity contribution in [3.63, 3.8) is 0 Å². The lowest BCUT2D eigenvalue weighted by Gasteiger charge is -2.11. The Labute approximate surface area is 120 Å². The number of carbonyl (C=O) groups excluding carboxylic acids is 1. The maximum atomic E-state index is 13.5. The molecule has 1 atom stereocenters. The molecule has 0 saturated carbocycles. The van der Waals surface area contributed by atoms with Gasteiger partial charge in [0.15, 0.2) is 5.69 Å². The summed E-state index contributed by atoms with van der Waals surface area (Å²) in [6.07, 6.45) is 0.0830. The topological polar surface area (TPSA) is 84.6 Å². The highest BCUT2D eigenvalue weighted by atomic mass is 19.1. The zero-order valence-electron chi connectivity index (χ0n) is 11.4. The molecule has 0 unspecified atom stereocenters. The number of nitrogens with zero attached hydrogens (tertiary/aromatic N) is 1. The van der Waals surface area contributed by atoms with Gasteiger partial charge in [0.05, 0.1) is 12.7 Å². The quantitative estimate of drug-likeness (QED) is 0.794. The number of oxazole rings is 1. The van der Waals surface area contributed by atoms with Crippen LogP contribution in [0.1, 0.15) is 29.1 Å². The number of rotatable bonds is 6. The molecule has 0 saturated heterocycles. The van der Waals surface area contributed by atoms with Crippen LogP contribution < -0.4 is 5.32 Å². The number of halogens is 1. The number of hydrogen-bond acceptors (Lipinski definition) is 6. The minimum atomic E-state index is -1.07. The summed E-state index contributed by atoms with van der Waals surface area (Å²) < 4.78 is 23.3. The number of nitrogens with one attached hydrogen (secondary N) is 1. The lowest BCUT2D eigenvalue weighted by atomic mass is 10.1. The Morgan fingerprint density at radius 3 is 3.00 bits per heavy atom. The van der Waals surface area contributed by atoms with Crippen LogP contribution in [-0.4, -0.2) is 29.2 Å². The third-order valence-corrected chi connectivity index (χ3v) is 2.70. The van der Waals surface area contributed by atoms with Crippen molar-refractivity contribution in [3.05, 3.63) is 47.6 Å². The second-order valence-corrected chi connectivity index (χ2v) is 4.18. The predicted octanol–water partition coefficient (Wildman–Crippen LogP) is 2.14. The maximum absolute atomic E-state index is 13.5. The zero-order valence-corrected chi connectivity index (χ0v) is 11.4. The summed E-state index contributed by atoms with van der Waals surface area (Å²) in [7, 11) is 0. The Morgan fingerprint density at radius 1 is 1.52 bits per heavy atom. The number of benzene rings is 1. The maximum Gasteiger partial charge on any atom is 0.360 e. The first-order chi connectivity index (χ1) is 10.1. The van der Waals surface area contributed by atoms with E-state index in [2.05, 4.69) is 10.3 Å². The van der Waals surface area contributed by atoms with Gasteiger partial charge in [-0.25, -0.2) is 9.18 Å². The molecule has 1 aromatic carbocycles. The van der Waals surface area contributed by atoms with Crippen molar-refractivity contribution in [2.45, 2.75) is 13.0 Å². The first-order valence-electron chi connectivity index (χ1n) is 6.40. The summed E-state index contributed by atoms with van der Waals surface area (Å²) in [5.41, 5.74) is 0.196. The highest BCUT2D eigenvalue weighted by Gasteiger charge is 2.15. The normalized spacial score (nSPS) is 12.0. The van der Waals surface area contributed by atoms with E-state index in [-0.39, 0.29) is 30.4 Å². The van der Waals surface area contributed by atoms with Gasteiger partial charge in [-0.1, -0.05) is 18.2 Å². The van der Waals surface area contributed by atoms with Gasteiger partial charge in [0, 0.05) is 12.1 Å². The lowest BCUT2D eigenvalue weighted by molar-refractivity contribution is 0.0519. The largest absolute Gasteiger partial charge is 0.461 e. The number of aliphatic hydroxyl groups is 1. The van der Waals surface area contributed by atoms with Crippen LogP contribution in [-0.2, 0) is 4.74 Å². The van der Waals surface area contributed by atoms with Gasteiger partial charge in [0.2, 0.25) is 0 Å². The molecule has 0 spiro atoms. The van der Waals surface area contributed by atoms with E-state index in [1.54, 1.807) is 19.1 Å². The summed E-state index contributed by atoms with van der Waals surface area (Å²) in [6.45, 7) is 1.91. The van der Waals surface area contributed by atoms with Gasteiger partial charge in [-0.05, 0) is 13.0 Å². The molecule has 6 nitrogen and oxygen atoms in total. The molecule has 1 aromatic heterocycles.